The summed E-state index contributed by atoms with van der Waals surface area (Å²) in [5.74, 6) is 0.204. The molecule has 0 spiro atoms. The minimum absolute atomic E-state index is 0.0598. The summed E-state index contributed by atoms with van der Waals surface area (Å²) in [7, 11) is 1.48. The van der Waals surface area contributed by atoms with Gasteiger partial charge in [-0.1, -0.05) is 11.6 Å². The van der Waals surface area contributed by atoms with Crippen LogP contribution in [0.5, 0.6) is 11.5 Å². The molecule has 0 saturated heterocycles. The summed E-state index contributed by atoms with van der Waals surface area (Å²) in [5, 5.41) is 22.7. The lowest BCUT2D eigenvalue weighted by Gasteiger charge is -2.12. The van der Waals surface area contributed by atoms with Gasteiger partial charge < -0.3 is 14.8 Å². The van der Waals surface area contributed by atoms with Crippen molar-refractivity contribution in [3.05, 3.63) is 61.1 Å². The largest absolute Gasteiger partial charge is 0.493 e. The third-order valence-electron chi connectivity index (χ3n) is 3.62. The van der Waals surface area contributed by atoms with Crippen LogP contribution in [0.3, 0.4) is 0 Å². The zero-order valence-electron chi connectivity index (χ0n) is 15.4. The molecule has 29 heavy (non-hydrogen) atoms. The van der Waals surface area contributed by atoms with Crippen LogP contribution in [0.1, 0.15) is 12.5 Å². The van der Waals surface area contributed by atoms with E-state index in [0.717, 1.165) is 6.07 Å². The van der Waals surface area contributed by atoms with Crippen molar-refractivity contribution in [2.24, 2.45) is 0 Å². The van der Waals surface area contributed by atoms with E-state index < -0.39 is 10.8 Å². The number of nitro benzene ring substituents is 1. The summed E-state index contributed by atoms with van der Waals surface area (Å²) in [4.78, 5) is 22.8. The molecule has 10 heteroatoms. The van der Waals surface area contributed by atoms with Gasteiger partial charge >= 0.3 is 0 Å². The number of nitrogens with one attached hydrogen (secondary N) is 1. The standard InChI is InChI=1S/C19H15BrClN3O5/c1-3-29-18-14(20)7-11(8-17(18)28-2)6-12(10-22)19(25)23-13-4-5-15(21)16(9-13)24(26)27/h4-9H,3H2,1-2H3,(H,23,25)/b12-6+. The number of rotatable bonds is 7. The third-order valence-corrected chi connectivity index (χ3v) is 4.53. The van der Waals surface area contributed by atoms with Crippen molar-refractivity contribution in [1.29, 1.82) is 5.26 Å². The molecule has 0 aromatic heterocycles. The zero-order chi connectivity index (χ0) is 21.6. The molecule has 2 aromatic carbocycles. The minimum atomic E-state index is -0.729. The van der Waals surface area contributed by atoms with E-state index in [9.17, 15) is 20.2 Å². The number of benzene rings is 2. The number of nitro groups is 1. The van der Waals surface area contributed by atoms with Gasteiger partial charge in [-0.05, 0) is 58.8 Å². The minimum Gasteiger partial charge on any atom is -0.493 e. The summed E-state index contributed by atoms with van der Waals surface area (Å²) in [6.07, 6.45) is 1.36. The second-order valence-electron chi connectivity index (χ2n) is 5.51. The Hall–Kier alpha value is -3.09. The van der Waals surface area contributed by atoms with Gasteiger partial charge in [-0.3, -0.25) is 14.9 Å². The Kier molecular flexibility index (Phi) is 7.59. The smallest absolute Gasteiger partial charge is 0.289 e. The molecule has 0 aliphatic carbocycles. The molecule has 0 bridgehead atoms. The lowest BCUT2D eigenvalue weighted by atomic mass is 10.1. The fourth-order valence-electron chi connectivity index (χ4n) is 2.35. The topological polar surface area (TPSA) is 114 Å². The van der Waals surface area contributed by atoms with Crippen molar-refractivity contribution >= 4 is 50.9 Å². The predicted octanol–water partition coefficient (Wildman–Crippen LogP) is 4.96. The normalized spacial score (nSPS) is 10.8. The summed E-state index contributed by atoms with van der Waals surface area (Å²) in [5.41, 5.74) is 0.0940. The van der Waals surface area contributed by atoms with Crippen molar-refractivity contribution in [2.45, 2.75) is 6.92 Å². The molecular formula is C19H15BrClN3O5. The number of carbonyl (C=O) groups is 1. The Bertz CT molecular complexity index is 1030. The molecule has 0 heterocycles. The quantitative estimate of drug-likeness (QED) is 0.259. The average Bonchev–Trinajstić information content (AvgIpc) is 2.68. The number of anilines is 1. The van der Waals surface area contributed by atoms with Crippen LogP contribution in [-0.4, -0.2) is 24.5 Å². The van der Waals surface area contributed by atoms with Crippen LogP contribution < -0.4 is 14.8 Å². The number of hydrogen-bond donors (Lipinski definition) is 1. The van der Waals surface area contributed by atoms with Crippen LogP contribution in [0.25, 0.3) is 6.08 Å². The van der Waals surface area contributed by atoms with Gasteiger partial charge in [0.15, 0.2) is 11.5 Å². The van der Waals surface area contributed by atoms with E-state index in [0.29, 0.717) is 28.1 Å². The van der Waals surface area contributed by atoms with Gasteiger partial charge in [-0.15, -0.1) is 0 Å². The fraction of sp³-hybridized carbons (Fsp3) is 0.158. The molecule has 1 N–H and O–H groups in total. The monoisotopic (exact) mass is 479 g/mol. The number of halogens is 2. The van der Waals surface area contributed by atoms with Crippen molar-refractivity contribution < 1.29 is 19.2 Å². The molecule has 8 nitrogen and oxygen atoms in total. The van der Waals surface area contributed by atoms with Crippen LogP contribution >= 0.6 is 27.5 Å². The molecule has 0 unspecified atom stereocenters. The number of ether oxygens (including phenoxy) is 2. The van der Waals surface area contributed by atoms with Crippen LogP contribution in [0.2, 0.25) is 5.02 Å². The number of amides is 1. The first-order chi connectivity index (χ1) is 13.8. The Labute approximate surface area is 180 Å². The second kappa shape index (κ2) is 9.91. The Morgan fingerprint density at radius 2 is 2.14 bits per heavy atom. The first-order valence-electron chi connectivity index (χ1n) is 8.18. The molecule has 1 amide bonds. The maximum absolute atomic E-state index is 12.5. The number of carbonyl (C=O) groups excluding carboxylic acids is 1. The van der Waals surface area contributed by atoms with Crippen molar-refractivity contribution in [3.63, 3.8) is 0 Å². The molecule has 0 fully saturated rings. The molecule has 2 rings (SSSR count). The molecule has 0 radical (unpaired) electrons. The Balaban J connectivity index is 2.34. The predicted molar refractivity (Wildman–Crippen MR) is 112 cm³/mol. The van der Waals surface area contributed by atoms with Gasteiger partial charge in [0.25, 0.3) is 11.6 Å². The first-order valence-corrected chi connectivity index (χ1v) is 9.35. The summed E-state index contributed by atoms with van der Waals surface area (Å²) >= 11 is 9.14. The lowest BCUT2D eigenvalue weighted by molar-refractivity contribution is -0.384. The molecule has 0 atom stereocenters. The third kappa shape index (κ3) is 5.47. The number of methoxy groups -OCH3 is 1. The fourth-order valence-corrected chi connectivity index (χ4v) is 3.11. The Morgan fingerprint density at radius 3 is 2.72 bits per heavy atom. The summed E-state index contributed by atoms with van der Waals surface area (Å²) in [6.45, 7) is 2.27. The first kappa shape index (κ1) is 22.2. The van der Waals surface area contributed by atoms with Gasteiger partial charge in [-0.25, -0.2) is 0 Å². The molecule has 0 aliphatic heterocycles. The highest BCUT2D eigenvalue weighted by atomic mass is 79.9. The van der Waals surface area contributed by atoms with E-state index in [1.165, 1.54) is 25.3 Å². The highest BCUT2D eigenvalue weighted by Gasteiger charge is 2.17. The maximum Gasteiger partial charge on any atom is 0.289 e. The van der Waals surface area contributed by atoms with Crippen LogP contribution in [0.4, 0.5) is 11.4 Å². The summed E-state index contributed by atoms with van der Waals surface area (Å²) in [6, 6.07) is 8.92. The highest BCUT2D eigenvalue weighted by Crippen LogP contribution is 2.37. The SMILES string of the molecule is CCOc1c(Br)cc(/C=C(\C#N)C(=O)Nc2ccc(Cl)c([N+](=O)[O-])c2)cc1OC. The number of nitrogens with zero attached hydrogens (tertiary/aromatic N) is 2. The molecular weight excluding hydrogens is 466 g/mol. The van der Waals surface area contributed by atoms with Crippen LogP contribution in [0, 0.1) is 21.4 Å². The van der Waals surface area contributed by atoms with Gasteiger partial charge in [0.1, 0.15) is 16.7 Å². The van der Waals surface area contributed by atoms with Crippen molar-refractivity contribution in [2.75, 3.05) is 19.0 Å². The second-order valence-corrected chi connectivity index (χ2v) is 6.78. The van der Waals surface area contributed by atoms with Crippen molar-refractivity contribution in [3.8, 4) is 17.6 Å². The molecule has 2 aromatic rings. The van der Waals surface area contributed by atoms with E-state index in [4.69, 9.17) is 21.1 Å². The maximum atomic E-state index is 12.5. The number of hydrogen-bond acceptors (Lipinski definition) is 6. The van der Waals surface area contributed by atoms with Crippen LogP contribution in [0.15, 0.2) is 40.4 Å². The van der Waals surface area contributed by atoms with E-state index in [2.05, 4.69) is 21.2 Å². The van der Waals surface area contributed by atoms with Gasteiger partial charge in [0, 0.05) is 11.8 Å². The molecule has 0 aliphatic rings. The van der Waals surface area contributed by atoms with E-state index in [-0.39, 0.29) is 22.0 Å². The average molecular weight is 481 g/mol. The zero-order valence-corrected chi connectivity index (χ0v) is 17.7. The van der Waals surface area contributed by atoms with E-state index >= 15 is 0 Å². The number of nitriles is 1. The molecule has 0 saturated carbocycles. The van der Waals surface area contributed by atoms with Gasteiger partial charge in [0.05, 0.1) is 23.1 Å². The van der Waals surface area contributed by atoms with Gasteiger partial charge in [-0.2, -0.15) is 5.26 Å². The van der Waals surface area contributed by atoms with E-state index in [1.54, 1.807) is 12.1 Å². The lowest BCUT2D eigenvalue weighted by Crippen LogP contribution is -2.13. The van der Waals surface area contributed by atoms with Gasteiger partial charge in [0.2, 0.25) is 0 Å². The Morgan fingerprint density at radius 1 is 1.41 bits per heavy atom. The molecule has 150 valence electrons. The van der Waals surface area contributed by atoms with Crippen LogP contribution in [-0.2, 0) is 4.79 Å². The summed E-state index contributed by atoms with van der Waals surface area (Å²) < 4.78 is 11.4. The highest BCUT2D eigenvalue weighted by molar-refractivity contribution is 9.10. The van der Waals surface area contributed by atoms with E-state index in [1.807, 2.05) is 13.0 Å². The van der Waals surface area contributed by atoms with Crippen molar-refractivity contribution in [1.82, 2.24) is 0 Å².